The summed E-state index contributed by atoms with van der Waals surface area (Å²) < 4.78 is 47.3. The van der Waals surface area contributed by atoms with Gasteiger partial charge in [-0.3, -0.25) is 15.0 Å². The summed E-state index contributed by atoms with van der Waals surface area (Å²) >= 11 is 5.78. The van der Waals surface area contributed by atoms with Crippen LogP contribution in [0, 0.1) is 5.41 Å². The van der Waals surface area contributed by atoms with Crippen LogP contribution in [-0.2, 0) is 4.74 Å². The van der Waals surface area contributed by atoms with Gasteiger partial charge in [0.15, 0.2) is 0 Å². The molecule has 0 aliphatic heterocycles. The summed E-state index contributed by atoms with van der Waals surface area (Å²) in [6.45, 7) is 10.7. The first kappa shape index (κ1) is 29.0. The van der Waals surface area contributed by atoms with E-state index in [0.29, 0.717) is 0 Å². The molecule has 0 radical (unpaired) electrons. The number of ether oxygens (including phenoxy) is 2. The van der Waals surface area contributed by atoms with Crippen molar-refractivity contribution in [1.82, 2.24) is 10.4 Å². The van der Waals surface area contributed by atoms with Crippen molar-refractivity contribution in [3.05, 3.63) is 64.2 Å². The van der Waals surface area contributed by atoms with E-state index in [0.717, 1.165) is 17.1 Å². The Morgan fingerprint density at radius 3 is 1.92 bits per heavy atom. The predicted octanol–water partition coefficient (Wildman–Crippen LogP) is 6.03. The van der Waals surface area contributed by atoms with Gasteiger partial charge in [0.1, 0.15) is 11.4 Å². The number of carbonyl (C=O) groups excluding carboxylic acids is 3. The van der Waals surface area contributed by atoms with Gasteiger partial charge in [-0.15, -0.1) is 13.2 Å². The average molecular weight is 529 g/mol. The van der Waals surface area contributed by atoms with Crippen molar-refractivity contribution in [2.45, 2.75) is 53.5 Å². The molecule has 0 heterocycles. The van der Waals surface area contributed by atoms with Crippen LogP contribution in [0.1, 0.15) is 72.6 Å². The van der Waals surface area contributed by atoms with Crippen molar-refractivity contribution in [1.29, 1.82) is 0 Å². The quantitative estimate of drug-likeness (QED) is 0.378. The molecule has 2 aromatic rings. The fourth-order valence-corrected chi connectivity index (χ4v) is 3.07. The zero-order valence-electron chi connectivity index (χ0n) is 20.7. The highest BCUT2D eigenvalue weighted by atomic mass is 35.5. The van der Waals surface area contributed by atoms with E-state index in [1.807, 2.05) is 20.8 Å². The van der Waals surface area contributed by atoms with Gasteiger partial charge < -0.3 is 9.47 Å². The first-order chi connectivity index (χ1) is 16.3. The van der Waals surface area contributed by atoms with Gasteiger partial charge in [-0.05, 0) is 68.7 Å². The number of nitrogens with one attached hydrogen (secondary N) is 1. The lowest BCUT2D eigenvalue weighted by Gasteiger charge is -2.30. The molecule has 2 rings (SSSR count). The molecule has 0 bridgehead atoms. The molecule has 0 unspecified atom stereocenters. The van der Waals surface area contributed by atoms with E-state index in [9.17, 15) is 27.6 Å². The number of carbonyl (C=O) groups is 3. The first-order valence-electron chi connectivity index (χ1n) is 10.9. The van der Waals surface area contributed by atoms with Gasteiger partial charge in [0.2, 0.25) is 0 Å². The number of rotatable bonds is 5. The lowest BCUT2D eigenvalue weighted by atomic mass is 9.96. The normalized spacial score (nSPS) is 12.1. The Hall–Kier alpha value is -3.27. The highest BCUT2D eigenvalue weighted by molar-refractivity contribution is 6.32. The molecular weight excluding hydrogens is 501 g/mol. The summed E-state index contributed by atoms with van der Waals surface area (Å²) in [5.41, 5.74) is 1.52. The van der Waals surface area contributed by atoms with Crippen molar-refractivity contribution in [2.75, 3.05) is 6.54 Å². The van der Waals surface area contributed by atoms with Gasteiger partial charge in [0, 0.05) is 17.7 Å². The Bertz CT molecular complexity index is 1120. The molecule has 0 saturated carbocycles. The van der Waals surface area contributed by atoms with Gasteiger partial charge >= 0.3 is 12.3 Å². The summed E-state index contributed by atoms with van der Waals surface area (Å²) in [6, 6.07) is 8.80. The van der Waals surface area contributed by atoms with Gasteiger partial charge in [-0.25, -0.2) is 9.80 Å². The lowest BCUT2D eigenvalue weighted by molar-refractivity contribution is -0.274. The summed E-state index contributed by atoms with van der Waals surface area (Å²) in [5.74, 6) is -2.73. The third-order valence-corrected chi connectivity index (χ3v) is 4.61. The molecule has 1 N–H and O–H groups in total. The second-order valence-electron chi connectivity index (χ2n) is 10.2. The minimum atomic E-state index is -5.00. The van der Waals surface area contributed by atoms with Crippen LogP contribution in [0.2, 0.25) is 5.02 Å². The lowest BCUT2D eigenvalue weighted by Crippen LogP contribution is -2.49. The van der Waals surface area contributed by atoms with Gasteiger partial charge in [-0.2, -0.15) is 0 Å². The third kappa shape index (κ3) is 9.07. The number of esters is 1. The fourth-order valence-electron chi connectivity index (χ4n) is 2.91. The standard InChI is InChI=1S/C25H28ClF3N2O5/c1-23(2,3)14-31(21(33)17-11-12-18(26)19(13-17)35-25(27,28)29)30-20(32)15-7-9-16(10-8-15)22(34)36-24(4,5)6/h7-13H,14H2,1-6H3,(H,30,32). The van der Waals surface area contributed by atoms with Crippen molar-refractivity contribution in [2.24, 2.45) is 5.41 Å². The number of hydrogen-bond donors (Lipinski definition) is 1. The molecule has 7 nitrogen and oxygen atoms in total. The molecule has 0 aliphatic carbocycles. The number of alkyl halides is 3. The first-order valence-corrected chi connectivity index (χ1v) is 11.2. The summed E-state index contributed by atoms with van der Waals surface area (Å²) in [4.78, 5) is 38.2. The Labute approximate surface area is 212 Å². The van der Waals surface area contributed by atoms with Crippen molar-refractivity contribution < 1.29 is 37.0 Å². The van der Waals surface area contributed by atoms with Crippen LogP contribution in [-0.4, -0.2) is 41.3 Å². The topological polar surface area (TPSA) is 84.9 Å². The van der Waals surface area contributed by atoms with Gasteiger partial charge in [0.25, 0.3) is 11.8 Å². The highest BCUT2D eigenvalue weighted by Crippen LogP contribution is 2.31. The van der Waals surface area contributed by atoms with Crippen molar-refractivity contribution in [3.8, 4) is 5.75 Å². The molecule has 2 aromatic carbocycles. The maximum atomic E-state index is 13.2. The van der Waals surface area contributed by atoms with Crippen LogP contribution < -0.4 is 10.2 Å². The fraction of sp³-hybridized carbons (Fsp3) is 0.400. The van der Waals surface area contributed by atoms with E-state index in [4.69, 9.17) is 16.3 Å². The molecule has 0 atom stereocenters. The predicted molar refractivity (Wildman–Crippen MR) is 128 cm³/mol. The smallest absolute Gasteiger partial charge is 0.456 e. The molecule has 11 heteroatoms. The van der Waals surface area contributed by atoms with Crippen LogP contribution in [0.5, 0.6) is 5.75 Å². The molecule has 0 fully saturated rings. The summed E-state index contributed by atoms with van der Waals surface area (Å²) in [6.07, 6.45) is -5.00. The van der Waals surface area contributed by atoms with Crippen molar-refractivity contribution in [3.63, 3.8) is 0 Å². The van der Waals surface area contributed by atoms with Gasteiger partial charge in [-0.1, -0.05) is 32.4 Å². The number of hydrazine groups is 1. The molecular formula is C25H28ClF3N2O5. The SMILES string of the molecule is CC(C)(C)CN(NC(=O)c1ccc(C(=O)OC(C)(C)C)cc1)C(=O)c1ccc(Cl)c(OC(F)(F)F)c1. The van der Waals surface area contributed by atoms with E-state index in [-0.39, 0.29) is 28.3 Å². The van der Waals surface area contributed by atoms with Gasteiger partial charge in [0.05, 0.1) is 10.6 Å². The zero-order chi connectivity index (χ0) is 27.5. The van der Waals surface area contributed by atoms with Crippen LogP contribution in [0.25, 0.3) is 0 Å². The number of amides is 2. The molecule has 0 saturated heterocycles. The van der Waals surface area contributed by atoms with E-state index >= 15 is 0 Å². The molecule has 0 spiro atoms. The second kappa shape index (κ2) is 10.8. The number of halogens is 4. The third-order valence-electron chi connectivity index (χ3n) is 4.30. The highest BCUT2D eigenvalue weighted by Gasteiger charge is 2.33. The average Bonchev–Trinajstić information content (AvgIpc) is 2.71. The van der Waals surface area contributed by atoms with Crippen LogP contribution in [0.4, 0.5) is 13.2 Å². The maximum absolute atomic E-state index is 13.2. The van der Waals surface area contributed by atoms with Crippen LogP contribution in [0.15, 0.2) is 42.5 Å². The Kier molecular flexibility index (Phi) is 8.67. The minimum absolute atomic E-state index is 0.0334. The molecule has 2 amide bonds. The summed E-state index contributed by atoms with van der Waals surface area (Å²) in [7, 11) is 0. The van der Waals surface area contributed by atoms with E-state index in [1.54, 1.807) is 20.8 Å². The molecule has 0 aliphatic rings. The van der Waals surface area contributed by atoms with Crippen LogP contribution in [0.3, 0.4) is 0 Å². The monoisotopic (exact) mass is 528 g/mol. The maximum Gasteiger partial charge on any atom is 0.573 e. The zero-order valence-corrected chi connectivity index (χ0v) is 21.5. The Morgan fingerprint density at radius 1 is 0.889 bits per heavy atom. The molecule has 196 valence electrons. The second-order valence-corrected chi connectivity index (χ2v) is 10.6. The molecule has 36 heavy (non-hydrogen) atoms. The van der Waals surface area contributed by atoms with Crippen LogP contribution >= 0.6 is 11.6 Å². The largest absolute Gasteiger partial charge is 0.573 e. The number of benzene rings is 2. The number of nitrogens with zero attached hydrogens (tertiary/aromatic N) is 1. The minimum Gasteiger partial charge on any atom is -0.456 e. The summed E-state index contributed by atoms with van der Waals surface area (Å²) in [5, 5.41) is 0.672. The van der Waals surface area contributed by atoms with E-state index < -0.39 is 40.9 Å². The number of hydrogen-bond acceptors (Lipinski definition) is 5. The van der Waals surface area contributed by atoms with Crippen molar-refractivity contribution >= 4 is 29.4 Å². The molecule has 0 aromatic heterocycles. The van der Waals surface area contributed by atoms with E-state index in [1.165, 1.54) is 30.3 Å². The Balaban J connectivity index is 2.27. The Morgan fingerprint density at radius 2 is 1.42 bits per heavy atom. The van der Waals surface area contributed by atoms with E-state index in [2.05, 4.69) is 10.2 Å².